The second kappa shape index (κ2) is 9.01. The summed E-state index contributed by atoms with van der Waals surface area (Å²) >= 11 is 0. The number of nitrogen functional groups attached to an aromatic ring is 1. The molecule has 1 saturated heterocycles. The van der Waals surface area contributed by atoms with Gasteiger partial charge >= 0.3 is 0 Å². The van der Waals surface area contributed by atoms with Crippen LogP contribution in [0.2, 0.25) is 0 Å². The molecule has 0 aliphatic carbocycles. The van der Waals surface area contributed by atoms with Crippen molar-refractivity contribution >= 4 is 17.5 Å². The van der Waals surface area contributed by atoms with Crippen LogP contribution in [0.15, 0.2) is 30.3 Å². The number of likely N-dealkylation sites (tertiary alicyclic amines) is 1. The van der Waals surface area contributed by atoms with E-state index in [-0.39, 0.29) is 18.5 Å². The Morgan fingerprint density at radius 1 is 1.18 bits per heavy atom. The molecule has 0 bridgehead atoms. The van der Waals surface area contributed by atoms with Crippen LogP contribution in [0.1, 0.15) is 29.8 Å². The first-order chi connectivity index (χ1) is 13.4. The van der Waals surface area contributed by atoms with Gasteiger partial charge in [0.25, 0.3) is 0 Å². The summed E-state index contributed by atoms with van der Waals surface area (Å²) < 4.78 is 0. The number of nitrogens with two attached hydrogens (primary N) is 1. The first-order valence-corrected chi connectivity index (χ1v) is 9.80. The molecule has 1 aromatic carbocycles. The summed E-state index contributed by atoms with van der Waals surface area (Å²) in [5.41, 5.74) is 9.26. The van der Waals surface area contributed by atoms with E-state index in [1.165, 1.54) is 5.56 Å². The molecule has 0 saturated carbocycles. The molecule has 1 aromatic heterocycles. The molecule has 1 aliphatic heterocycles. The van der Waals surface area contributed by atoms with E-state index in [1.807, 2.05) is 31.9 Å². The van der Waals surface area contributed by atoms with Gasteiger partial charge in [-0.2, -0.15) is 0 Å². The highest BCUT2D eigenvalue weighted by Crippen LogP contribution is 2.18. The molecule has 0 unspecified atom stereocenters. The number of anilines is 2. The fourth-order valence-electron chi connectivity index (χ4n) is 3.59. The van der Waals surface area contributed by atoms with Gasteiger partial charge in [0, 0.05) is 32.7 Å². The molecule has 3 rings (SSSR count). The van der Waals surface area contributed by atoms with Crippen molar-refractivity contribution in [2.24, 2.45) is 0 Å². The van der Waals surface area contributed by atoms with E-state index < -0.39 is 0 Å². The Labute approximate surface area is 167 Å². The van der Waals surface area contributed by atoms with E-state index in [2.05, 4.69) is 44.5 Å². The number of nitrogens with one attached hydrogen (secondary N) is 1. The fourth-order valence-corrected chi connectivity index (χ4v) is 3.59. The van der Waals surface area contributed by atoms with Crippen LogP contribution in [0.5, 0.6) is 0 Å². The lowest BCUT2D eigenvalue weighted by atomic mass is 10.0. The average Bonchev–Trinajstić information content (AvgIpc) is 2.71. The molecular formula is C21H30N6O. The number of carbonyl (C=O) groups excluding carboxylic acids is 1. The third kappa shape index (κ3) is 4.98. The van der Waals surface area contributed by atoms with Crippen LogP contribution in [0, 0.1) is 13.8 Å². The first kappa shape index (κ1) is 20.1. The fraction of sp³-hybridized carbons (Fsp3) is 0.476. The van der Waals surface area contributed by atoms with Gasteiger partial charge in [-0.15, -0.1) is 0 Å². The van der Waals surface area contributed by atoms with E-state index in [9.17, 15) is 4.79 Å². The van der Waals surface area contributed by atoms with Crippen molar-refractivity contribution in [1.82, 2.24) is 19.8 Å². The number of benzene rings is 1. The largest absolute Gasteiger partial charge is 0.396 e. The van der Waals surface area contributed by atoms with Crippen LogP contribution >= 0.6 is 0 Å². The lowest BCUT2D eigenvalue weighted by Gasteiger charge is -2.36. The molecule has 7 nitrogen and oxygen atoms in total. The molecule has 3 N–H and O–H groups in total. The summed E-state index contributed by atoms with van der Waals surface area (Å²) in [6.07, 6.45) is 1.98. The number of piperidine rings is 1. The first-order valence-electron chi connectivity index (χ1n) is 9.80. The molecule has 0 spiro atoms. The second-order valence-electron chi connectivity index (χ2n) is 7.48. The monoisotopic (exact) mass is 382 g/mol. The van der Waals surface area contributed by atoms with E-state index in [0.717, 1.165) is 43.9 Å². The van der Waals surface area contributed by atoms with E-state index in [0.29, 0.717) is 11.6 Å². The Morgan fingerprint density at radius 2 is 1.79 bits per heavy atom. The van der Waals surface area contributed by atoms with Gasteiger partial charge in [-0.1, -0.05) is 30.3 Å². The maximum atomic E-state index is 12.6. The average molecular weight is 383 g/mol. The lowest BCUT2D eigenvalue weighted by molar-refractivity contribution is -0.130. The summed E-state index contributed by atoms with van der Waals surface area (Å²) in [5.74, 6) is 0.501. The summed E-state index contributed by atoms with van der Waals surface area (Å²) in [7, 11) is 1.89. The maximum Gasteiger partial charge on any atom is 0.241 e. The highest BCUT2D eigenvalue weighted by Gasteiger charge is 2.25. The Bertz CT molecular complexity index is 779. The molecule has 1 fully saturated rings. The molecule has 2 aromatic rings. The van der Waals surface area contributed by atoms with Gasteiger partial charge in [-0.3, -0.25) is 9.69 Å². The Morgan fingerprint density at radius 3 is 2.39 bits per heavy atom. The predicted molar refractivity (Wildman–Crippen MR) is 112 cm³/mol. The van der Waals surface area contributed by atoms with Gasteiger partial charge < -0.3 is 16.0 Å². The summed E-state index contributed by atoms with van der Waals surface area (Å²) in [6, 6.07) is 10.8. The maximum absolute atomic E-state index is 12.6. The normalized spacial score (nSPS) is 15.4. The molecule has 2 heterocycles. The SMILES string of the molecule is Cc1nc(NCC(=O)N(C)C2CCN(Cc3ccccc3)CC2)nc(C)c1N. The van der Waals surface area contributed by atoms with Crippen molar-refractivity contribution in [2.45, 2.75) is 39.3 Å². The van der Waals surface area contributed by atoms with Gasteiger partial charge in [0.05, 0.1) is 23.6 Å². The predicted octanol–water partition coefficient (Wildman–Crippen LogP) is 2.21. The zero-order chi connectivity index (χ0) is 20.1. The molecule has 7 heteroatoms. The molecule has 150 valence electrons. The van der Waals surface area contributed by atoms with E-state index >= 15 is 0 Å². The number of aromatic nitrogens is 2. The Balaban J connectivity index is 1.46. The summed E-state index contributed by atoms with van der Waals surface area (Å²) in [5, 5.41) is 3.04. The van der Waals surface area contributed by atoms with Crippen LogP contribution < -0.4 is 11.1 Å². The lowest BCUT2D eigenvalue weighted by Crippen LogP contribution is -2.46. The molecule has 0 atom stereocenters. The van der Waals surface area contributed by atoms with Crippen LogP contribution in [-0.4, -0.2) is 58.4 Å². The van der Waals surface area contributed by atoms with Crippen molar-refractivity contribution in [1.29, 1.82) is 0 Å². The zero-order valence-corrected chi connectivity index (χ0v) is 17.0. The topological polar surface area (TPSA) is 87.4 Å². The number of rotatable bonds is 6. The second-order valence-corrected chi connectivity index (χ2v) is 7.48. The molecule has 1 aliphatic rings. The van der Waals surface area contributed by atoms with Gasteiger partial charge in [0.15, 0.2) is 0 Å². The van der Waals surface area contributed by atoms with Crippen molar-refractivity contribution in [3.05, 3.63) is 47.3 Å². The zero-order valence-electron chi connectivity index (χ0n) is 17.0. The van der Waals surface area contributed by atoms with Gasteiger partial charge in [-0.25, -0.2) is 9.97 Å². The number of hydrogen-bond donors (Lipinski definition) is 2. The summed E-state index contributed by atoms with van der Waals surface area (Å²) in [6.45, 7) is 6.84. The van der Waals surface area contributed by atoms with E-state index in [1.54, 1.807) is 0 Å². The number of carbonyl (C=O) groups is 1. The highest BCUT2D eigenvalue weighted by atomic mass is 16.2. The molecule has 0 radical (unpaired) electrons. The van der Waals surface area contributed by atoms with Gasteiger partial charge in [0.1, 0.15) is 0 Å². The van der Waals surface area contributed by atoms with E-state index in [4.69, 9.17) is 5.73 Å². The quantitative estimate of drug-likeness (QED) is 0.796. The van der Waals surface area contributed by atoms with Gasteiger partial charge in [0.2, 0.25) is 11.9 Å². The minimum Gasteiger partial charge on any atom is -0.396 e. The van der Waals surface area contributed by atoms with Crippen molar-refractivity contribution in [3.63, 3.8) is 0 Å². The minimum atomic E-state index is 0.0530. The minimum absolute atomic E-state index is 0.0530. The summed E-state index contributed by atoms with van der Waals surface area (Å²) in [4.78, 5) is 25.5. The number of aryl methyl sites for hydroxylation is 2. The third-order valence-electron chi connectivity index (χ3n) is 5.47. The Hall–Kier alpha value is -2.67. The van der Waals surface area contributed by atoms with Crippen molar-refractivity contribution < 1.29 is 4.79 Å². The van der Waals surface area contributed by atoms with Gasteiger partial charge in [-0.05, 0) is 32.3 Å². The van der Waals surface area contributed by atoms with Crippen molar-refractivity contribution in [2.75, 3.05) is 37.7 Å². The van der Waals surface area contributed by atoms with Crippen LogP contribution in [-0.2, 0) is 11.3 Å². The standard InChI is InChI=1S/C21H30N6O/c1-15-20(22)16(2)25-21(24-15)23-13-19(28)26(3)18-9-11-27(12-10-18)14-17-7-5-4-6-8-17/h4-8,18H,9-14,22H2,1-3H3,(H,23,24,25). The number of likely N-dealkylation sites (N-methyl/N-ethyl adjacent to an activating group) is 1. The smallest absolute Gasteiger partial charge is 0.241 e. The molecular weight excluding hydrogens is 352 g/mol. The Kier molecular flexibility index (Phi) is 6.46. The number of nitrogens with zero attached hydrogens (tertiary/aromatic N) is 4. The third-order valence-corrected chi connectivity index (χ3v) is 5.47. The number of hydrogen-bond acceptors (Lipinski definition) is 6. The molecule has 28 heavy (non-hydrogen) atoms. The van der Waals surface area contributed by atoms with Crippen LogP contribution in [0.3, 0.4) is 0 Å². The van der Waals surface area contributed by atoms with Crippen LogP contribution in [0.25, 0.3) is 0 Å². The number of amides is 1. The van der Waals surface area contributed by atoms with Crippen LogP contribution in [0.4, 0.5) is 11.6 Å². The molecule has 1 amide bonds. The van der Waals surface area contributed by atoms with Crippen molar-refractivity contribution in [3.8, 4) is 0 Å². The highest BCUT2D eigenvalue weighted by molar-refractivity contribution is 5.80.